The van der Waals surface area contributed by atoms with Crippen LogP contribution >= 0.6 is 0 Å². The molecule has 1 amide bonds. The van der Waals surface area contributed by atoms with Gasteiger partial charge in [-0.15, -0.1) is 12.3 Å². The smallest absolute Gasteiger partial charge is 0.220 e. The Balaban J connectivity index is 1.37. The van der Waals surface area contributed by atoms with E-state index in [1.54, 1.807) is 0 Å². The first-order valence-corrected chi connectivity index (χ1v) is 10.0. The molecule has 1 atom stereocenters. The summed E-state index contributed by atoms with van der Waals surface area (Å²) < 4.78 is 0. The molecule has 1 N–H and O–H groups in total. The summed E-state index contributed by atoms with van der Waals surface area (Å²) in [6.45, 7) is 6.30. The number of nitrogens with one attached hydrogen (secondary N) is 1. The summed E-state index contributed by atoms with van der Waals surface area (Å²) in [6.07, 6.45) is 10.4. The molecule has 1 unspecified atom stereocenters. The van der Waals surface area contributed by atoms with Crippen molar-refractivity contribution in [2.24, 2.45) is 16.1 Å². The van der Waals surface area contributed by atoms with Crippen LogP contribution in [-0.2, 0) is 17.9 Å². The molecule has 0 bridgehead atoms. The summed E-state index contributed by atoms with van der Waals surface area (Å²) >= 11 is 0. The predicted molar refractivity (Wildman–Crippen MR) is 107 cm³/mol. The van der Waals surface area contributed by atoms with Crippen LogP contribution in [0.15, 0.2) is 34.5 Å². The molecule has 5 heteroatoms. The van der Waals surface area contributed by atoms with Crippen LogP contribution < -0.4 is 5.32 Å². The maximum absolute atomic E-state index is 12.1. The van der Waals surface area contributed by atoms with Crippen molar-refractivity contribution in [1.29, 1.82) is 0 Å². The highest BCUT2D eigenvalue weighted by molar-refractivity contribution is 5.76. The van der Waals surface area contributed by atoms with Crippen LogP contribution in [0, 0.1) is 18.3 Å². The molecule has 0 spiro atoms. The molecule has 0 aromatic heterocycles. The van der Waals surface area contributed by atoms with Crippen molar-refractivity contribution in [2.75, 3.05) is 13.1 Å². The van der Waals surface area contributed by atoms with Gasteiger partial charge in [-0.2, -0.15) is 10.2 Å². The number of amides is 1. The molecular weight excluding hydrogens is 336 g/mol. The van der Waals surface area contributed by atoms with Crippen molar-refractivity contribution in [1.82, 2.24) is 10.2 Å². The Labute approximate surface area is 162 Å². The Bertz CT molecular complexity index is 698. The molecule has 27 heavy (non-hydrogen) atoms. The van der Waals surface area contributed by atoms with Gasteiger partial charge in [0.05, 0.1) is 0 Å². The number of hydrogen-bond acceptors (Lipinski definition) is 4. The molecule has 3 rings (SSSR count). The molecule has 1 saturated heterocycles. The molecule has 0 saturated carbocycles. The highest BCUT2D eigenvalue weighted by atomic mass is 16.1. The second kappa shape index (κ2) is 9.14. The molecule has 0 aliphatic carbocycles. The van der Waals surface area contributed by atoms with Crippen molar-refractivity contribution >= 4 is 5.91 Å². The van der Waals surface area contributed by atoms with E-state index in [0.29, 0.717) is 25.8 Å². The van der Waals surface area contributed by atoms with Crippen molar-refractivity contribution < 1.29 is 4.79 Å². The summed E-state index contributed by atoms with van der Waals surface area (Å²) in [6, 6.07) is 8.58. The summed E-state index contributed by atoms with van der Waals surface area (Å²) in [5, 5.41) is 11.1. The Hall–Kier alpha value is -2.19. The standard InChI is InChI=1S/C22H30N4O/c1-3-4-12-22(24-25-22)13-11-21(27)23-15-19-7-9-20(10-8-19)17-26-14-5-6-18(2)16-26/h1,7-10,18H,4-6,11-17H2,2H3,(H,23,27). The van der Waals surface area contributed by atoms with E-state index in [4.69, 9.17) is 6.42 Å². The van der Waals surface area contributed by atoms with Crippen molar-refractivity contribution in [2.45, 2.75) is 64.2 Å². The topological polar surface area (TPSA) is 57.1 Å². The van der Waals surface area contributed by atoms with E-state index in [0.717, 1.165) is 24.4 Å². The zero-order chi connectivity index (χ0) is 19.1. The Morgan fingerprint density at radius 3 is 2.70 bits per heavy atom. The van der Waals surface area contributed by atoms with Crippen LogP contribution in [0.5, 0.6) is 0 Å². The van der Waals surface area contributed by atoms with E-state index in [1.165, 1.54) is 31.5 Å². The molecule has 1 aromatic rings. The van der Waals surface area contributed by atoms with Crippen LogP contribution in [0.3, 0.4) is 0 Å². The van der Waals surface area contributed by atoms with Crippen LogP contribution in [0.25, 0.3) is 0 Å². The number of hydrogen-bond donors (Lipinski definition) is 1. The number of nitrogens with zero attached hydrogens (tertiary/aromatic N) is 3. The Morgan fingerprint density at radius 2 is 2.04 bits per heavy atom. The minimum atomic E-state index is -0.378. The van der Waals surface area contributed by atoms with Gasteiger partial charge in [0.2, 0.25) is 5.91 Å². The lowest BCUT2D eigenvalue weighted by Gasteiger charge is -2.30. The SMILES string of the molecule is C#CCCC1(CCC(=O)NCc2ccc(CN3CCCC(C)C3)cc2)N=N1. The third-order valence-corrected chi connectivity index (χ3v) is 5.46. The highest BCUT2D eigenvalue weighted by Crippen LogP contribution is 2.37. The van der Waals surface area contributed by atoms with Crippen LogP contribution in [0.4, 0.5) is 0 Å². The van der Waals surface area contributed by atoms with Gasteiger partial charge in [-0.05, 0) is 36.4 Å². The van der Waals surface area contributed by atoms with E-state index in [1.807, 2.05) is 0 Å². The zero-order valence-electron chi connectivity index (χ0n) is 16.3. The van der Waals surface area contributed by atoms with Crippen molar-refractivity contribution in [3.63, 3.8) is 0 Å². The number of benzene rings is 1. The van der Waals surface area contributed by atoms with Crippen molar-refractivity contribution in [3.05, 3.63) is 35.4 Å². The second-order valence-corrected chi connectivity index (χ2v) is 7.96. The largest absolute Gasteiger partial charge is 0.352 e. The first-order valence-electron chi connectivity index (χ1n) is 10.0. The predicted octanol–water partition coefficient (Wildman–Crippen LogP) is 3.89. The lowest BCUT2D eigenvalue weighted by molar-refractivity contribution is -0.121. The van der Waals surface area contributed by atoms with E-state index < -0.39 is 0 Å². The van der Waals surface area contributed by atoms with Gasteiger partial charge in [0.15, 0.2) is 5.66 Å². The monoisotopic (exact) mass is 366 g/mol. The summed E-state index contributed by atoms with van der Waals surface area (Å²) in [4.78, 5) is 14.6. The van der Waals surface area contributed by atoms with Crippen molar-refractivity contribution in [3.8, 4) is 12.3 Å². The minimum Gasteiger partial charge on any atom is -0.352 e. The molecule has 144 valence electrons. The third-order valence-electron chi connectivity index (χ3n) is 5.46. The highest BCUT2D eigenvalue weighted by Gasteiger charge is 2.39. The van der Waals surface area contributed by atoms with Gasteiger partial charge >= 0.3 is 0 Å². The van der Waals surface area contributed by atoms with Gasteiger partial charge in [0.25, 0.3) is 0 Å². The van der Waals surface area contributed by atoms with Gasteiger partial charge in [-0.25, -0.2) is 0 Å². The fraction of sp³-hybridized carbons (Fsp3) is 0.591. The van der Waals surface area contributed by atoms with Crippen LogP contribution in [-0.4, -0.2) is 29.6 Å². The molecule has 1 aromatic carbocycles. The maximum atomic E-state index is 12.1. The maximum Gasteiger partial charge on any atom is 0.220 e. The van der Waals surface area contributed by atoms with Crippen LogP contribution in [0.2, 0.25) is 0 Å². The molecular formula is C22H30N4O. The minimum absolute atomic E-state index is 0.0405. The molecule has 5 nitrogen and oxygen atoms in total. The van der Waals surface area contributed by atoms with Crippen LogP contribution in [0.1, 0.15) is 56.6 Å². The quantitative estimate of drug-likeness (QED) is 0.674. The first kappa shape index (κ1) is 19.6. The van der Waals surface area contributed by atoms with E-state index >= 15 is 0 Å². The molecule has 2 aliphatic rings. The second-order valence-electron chi connectivity index (χ2n) is 7.96. The Kier molecular flexibility index (Phi) is 6.63. The number of terminal acetylenes is 1. The first-order chi connectivity index (χ1) is 13.1. The van der Waals surface area contributed by atoms with Gasteiger partial charge in [-0.1, -0.05) is 31.2 Å². The van der Waals surface area contributed by atoms with Gasteiger partial charge in [0, 0.05) is 45.3 Å². The van der Waals surface area contributed by atoms with Gasteiger partial charge < -0.3 is 5.32 Å². The molecule has 0 radical (unpaired) electrons. The lowest BCUT2D eigenvalue weighted by Crippen LogP contribution is -2.33. The Morgan fingerprint density at radius 1 is 1.30 bits per heavy atom. The number of rotatable bonds is 9. The number of carbonyl (C=O) groups excluding carboxylic acids is 1. The summed E-state index contributed by atoms with van der Waals surface area (Å²) in [5.74, 6) is 3.45. The third kappa shape index (κ3) is 6.18. The average molecular weight is 367 g/mol. The number of piperidine rings is 1. The summed E-state index contributed by atoms with van der Waals surface area (Å²) in [7, 11) is 0. The molecule has 1 fully saturated rings. The average Bonchev–Trinajstić information content (AvgIpc) is 3.45. The van der Waals surface area contributed by atoms with E-state index in [-0.39, 0.29) is 11.6 Å². The van der Waals surface area contributed by atoms with E-state index in [2.05, 4.69) is 57.6 Å². The molecule has 2 heterocycles. The van der Waals surface area contributed by atoms with E-state index in [9.17, 15) is 4.79 Å². The number of carbonyl (C=O) groups is 1. The normalized spacial score (nSPS) is 20.8. The zero-order valence-corrected chi connectivity index (χ0v) is 16.3. The lowest BCUT2D eigenvalue weighted by atomic mass is 9.99. The number of likely N-dealkylation sites (tertiary alicyclic amines) is 1. The summed E-state index contributed by atoms with van der Waals surface area (Å²) in [5.41, 5.74) is 2.09. The fourth-order valence-corrected chi connectivity index (χ4v) is 3.72. The molecule has 2 aliphatic heterocycles. The van der Waals surface area contributed by atoms with Gasteiger partial charge in [0.1, 0.15) is 0 Å². The van der Waals surface area contributed by atoms with Gasteiger partial charge in [-0.3, -0.25) is 9.69 Å². The fourth-order valence-electron chi connectivity index (χ4n) is 3.72.